The normalized spacial score (nSPS) is 14.6. The summed E-state index contributed by atoms with van der Waals surface area (Å²) in [6, 6.07) is 10.7. The molecule has 0 unspecified atom stereocenters. The minimum Gasteiger partial charge on any atom is -0.322 e. The Morgan fingerprint density at radius 2 is 1.79 bits per heavy atom. The summed E-state index contributed by atoms with van der Waals surface area (Å²) in [5, 5.41) is 0.545. The van der Waals surface area contributed by atoms with Gasteiger partial charge in [-0.15, -0.1) is 0 Å². The van der Waals surface area contributed by atoms with Crippen LogP contribution in [0.1, 0.15) is 15.9 Å². The fraction of sp³-hybridized carbons (Fsp3) is 0.300. The van der Waals surface area contributed by atoms with Gasteiger partial charge in [-0.1, -0.05) is 17.7 Å². The zero-order chi connectivity index (χ0) is 21.0. The van der Waals surface area contributed by atoms with Crippen LogP contribution < -0.4 is 16.2 Å². The monoisotopic (exact) mass is 419 g/mol. The minimum absolute atomic E-state index is 0.0170. The topological polar surface area (TPSA) is 81.9 Å². The van der Waals surface area contributed by atoms with E-state index in [4.69, 9.17) is 17.4 Å². The van der Waals surface area contributed by atoms with Gasteiger partial charge in [-0.3, -0.25) is 15.1 Å². The Hall–Kier alpha value is -2.68. The lowest BCUT2D eigenvalue weighted by atomic mass is 10.1. The number of nitrogens with two attached hydrogens (primary N) is 1. The molecule has 1 aliphatic heterocycles. The van der Waals surface area contributed by atoms with E-state index in [9.17, 15) is 14.0 Å². The molecule has 154 valence electrons. The maximum absolute atomic E-state index is 14.6. The molecule has 29 heavy (non-hydrogen) atoms. The highest BCUT2D eigenvalue weighted by Crippen LogP contribution is 2.23. The third kappa shape index (κ3) is 5.03. The quantitative estimate of drug-likeness (QED) is 0.453. The van der Waals surface area contributed by atoms with Gasteiger partial charge in [-0.2, -0.15) is 0 Å². The molecule has 0 spiro atoms. The number of urea groups is 1. The van der Waals surface area contributed by atoms with Gasteiger partial charge in [-0.25, -0.2) is 15.0 Å². The number of nitrogens with one attached hydrogen (secondary N) is 1. The van der Waals surface area contributed by atoms with Crippen LogP contribution in [0.15, 0.2) is 42.5 Å². The Balaban J connectivity index is 1.88. The summed E-state index contributed by atoms with van der Waals surface area (Å²) in [4.78, 5) is 30.2. The van der Waals surface area contributed by atoms with Crippen LogP contribution in [-0.2, 0) is 6.54 Å². The molecule has 0 saturated carbocycles. The number of halogens is 2. The van der Waals surface area contributed by atoms with Crippen molar-refractivity contribution in [3.63, 3.8) is 0 Å². The summed E-state index contributed by atoms with van der Waals surface area (Å²) >= 11 is 5.98. The number of rotatable bonds is 4. The molecular formula is C20H23ClFN5O2. The predicted octanol–water partition coefficient (Wildman–Crippen LogP) is 2.46. The molecule has 7 nitrogen and oxygen atoms in total. The third-order valence-corrected chi connectivity index (χ3v) is 5.17. The van der Waals surface area contributed by atoms with Crippen LogP contribution in [0.5, 0.6) is 0 Å². The Morgan fingerprint density at radius 1 is 1.14 bits per heavy atom. The molecule has 2 aromatic rings. The van der Waals surface area contributed by atoms with E-state index in [0.29, 0.717) is 23.8 Å². The molecule has 0 radical (unpaired) electrons. The number of anilines is 1. The van der Waals surface area contributed by atoms with Crippen LogP contribution in [0.3, 0.4) is 0 Å². The van der Waals surface area contributed by atoms with Gasteiger partial charge >= 0.3 is 6.03 Å². The lowest BCUT2D eigenvalue weighted by Crippen LogP contribution is -2.52. The van der Waals surface area contributed by atoms with Gasteiger partial charge in [-0.05, 0) is 43.4 Å². The fourth-order valence-corrected chi connectivity index (χ4v) is 3.26. The highest BCUT2D eigenvalue weighted by molar-refractivity contribution is 6.30. The zero-order valence-corrected chi connectivity index (χ0v) is 16.8. The first kappa shape index (κ1) is 21.0. The molecule has 0 aliphatic carbocycles. The zero-order valence-electron chi connectivity index (χ0n) is 16.1. The SMILES string of the molecule is CN1CCN(C(=O)N(Cc2ccc(C(=O)NN)cc2F)c2ccc(Cl)cc2)CC1. The number of amides is 3. The van der Waals surface area contributed by atoms with Gasteiger partial charge in [0.05, 0.1) is 6.54 Å². The van der Waals surface area contributed by atoms with Crippen molar-refractivity contribution in [3.8, 4) is 0 Å². The van der Waals surface area contributed by atoms with E-state index in [0.717, 1.165) is 19.2 Å². The summed E-state index contributed by atoms with van der Waals surface area (Å²) in [7, 11) is 2.01. The fourth-order valence-electron chi connectivity index (χ4n) is 3.13. The van der Waals surface area contributed by atoms with Crippen molar-refractivity contribution >= 4 is 29.2 Å². The molecule has 3 amide bonds. The third-order valence-electron chi connectivity index (χ3n) is 4.92. The molecule has 0 aromatic heterocycles. The van der Waals surface area contributed by atoms with E-state index in [1.54, 1.807) is 29.2 Å². The number of nitrogens with zero attached hydrogens (tertiary/aromatic N) is 3. The van der Waals surface area contributed by atoms with Gasteiger partial charge < -0.3 is 9.80 Å². The Kier molecular flexibility index (Phi) is 6.68. The van der Waals surface area contributed by atoms with Crippen molar-refractivity contribution in [1.29, 1.82) is 0 Å². The number of hydrogen-bond acceptors (Lipinski definition) is 4. The number of piperazine rings is 1. The Bertz CT molecular complexity index is 885. The van der Waals surface area contributed by atoms with Crippen molar-refractivity contribution in [2.45, 2.75) is 6.54 Å². The van der Waals surface area contributed by atoms with Gasteiger partial charge in [0.1, 0.15) is 5.82 Å². The summed E-state index contributed by atoms with van der Waals surface area (Å²) < 4.78 is 14.6. The van der Waals surface area contributed by atoms with Gasteiger partial charge in [0.15, 0.2) is 0 Å². The smallest absolute Gasteiger partial charge is 0.322 e. The second-order valence-electron chi connectivity index (χ2n) is 6.92. The first-order chi connectivity index (χ1) is 13.9. The van der Waals surface area contributed by atoms with Crippen LogP contribution in [0.4, 0.5) is 14.9 Å². The second kappa shape index (κ2) is 9.21. The molecule has 3 N–H and O–H groups in total. The van der Waals surface area contributed by atoms with Crippen LogP contribution >= 0.6 is 11.6 Å². The number of likely N-dealkylation sites (N-methyl/N-ethyl adjacent to an activating group) is 1. The number of nitrogen functional groups attached to an aromatic ring is 1. The Morgan fingerprint density at radius 3 is 2.38 bits per heavy atom. The molecule has 1 saturated heterocycles. The standard InChI is InChI=1S/C20H23ClFN5O2/c1-25-8-10-26(11-9-25)20(29)27(17-6-4-16(21)5-7-17)13-15-3-2-14(12-18(15)22)19(28)24-23/h2-7,12H,8-11,13,23H2,1H3,(H,24,28). The van der Waals surface area contributed by atoms with Crippen LogP contribution in [-0.4, -0.2) is 55.0 Å². The molecule has 1 fully saturated rings. The average molecular weight is 420 g/mol. The van der Waals surface area contributed by atoms with Crippen molar-refractivity contribution in [3.05, 3.63) is 64.4 Å². The van der Waals surface area contributed by atoms with Crippen molar-refractivity contribution in [2.75, 3.05) is 38.1 Å². The average Bonchev–Trinajstić information content (AvgIpc) is 2.73. The molecule has 0 bridgehead atoms. The second-order valence-corrected chi connectivity index (χ2v) is 7.35. The van der Waals surface area contributed by atoms with E-state index in [1.807, 2.05) is 12.5 Å². The first-order valence-corrected chi connectivity index (χ1v) is 9.56. The van der Waals surface area contributed by atoms with Gasteiger partial charge in [0.2, 0.25) is 0 Å². The number of hydrogen-bond donors (Lipinski definition) is 2. The lowest BCUT2D eigenvalue weighted by molar-refractivity contribution is 0.0953. The summed E-state index contributed by atoms with van der Waals surface area (Å²) in [6.07, 6.45) is 0. The van der Waals surface area contributed by atoms with E-state index in [1.165, 1.54) is 17.0 Å². The molecule has 1 heterocycles. The number of benzene rings is 2. The molecule has 0 atom stereocenters. The van der Waals surface area contributed by atoms with E-state index >= 15 is 0 Å². The predicted molar refractivity (Wildman–Crippen MR) is 110 cm³/mol. The summed E-state index contributed by atoms with van der Waals surface area (Å²) in [6.45, 7) is 2.76. The number of carbonyl (C=O) groups is 2. The van der Waals surface area contributed by atoms with E-state index in [2.05, 4.69) is 4.90 Å². The maximum atomic E-state index is 14.6. The van der Waals surface area contributed by atoms with Gasteiger partial charge in [0.25, 0.3) is 5.91 Å². The highest BCUT2D eigenvalue weighted by Gasteiger charge is 2.26. The van der Waals surface area contributed by atoms with Crippen molar-refractivity contribution in [2.24, 2.45) is 5.84 Å². The Labute approximate surface area is 173 Å². The molecule has 2 aromatic carbocycles. The van der Waals surface area contributed by atoms with Crippen molar-refractivity contribution in [1.82, 2.24) is 15.2 Å². The van der Waals surface area contributed by atoms with E-state index < -0.39 is 11.7 Å². The number of hydrazine groups is 1. The largest absolute Gasteiger partial charge is 0.324 e. The first-order valence-electron chi connectivity index (χ1n) is 9.19. The molecule has 9 heteroatoms. The van der Waals surface area contributed by atoms with E-state index in [-0.39, 0.29) is 23.7 Å². The summed E-state index contributed by atoms with van der Waals surface area (Å²) in [5.74, 6) is 3.93. The minimum atomic E-state index is -0.587. The molecule has 3 rings (SSSR count). The maximum Gasteiger partial charge on any atom is 0.324 e. The molecular weight excluding hydrogens is 397 g/mol. The van der Waals surface area contributed by atoms with Crippen molar-refractivity contribution < 1.29 is 14.0 Å². The van der Waals surface area contributed by atoms with Crippen LogP contribution in [0.2, 0.25) is 5.02 Å². The number of carbonyl (C=O) groups excluding carboxylic acids is 2. The highest BCUT2D eigenvalue weighted by atomic mass is 35.5. The molecule has 1 aliphatic rings. The van der Waals surface area contributed by atoms with Gasteiger partial charge in [0, 0.05) is 48.0 Å². The van der Waals surface area contributed by atoms with Crippen LogP contribution in [0.25, 0.3) is 0 Å². The lowest BCUT2D eigenvalue weighted by Gasteiger charge is -2.36. The van der Waals surface area contributed by atoms with Crippen LogP contribution in [0, 0.1) is 5.82 Å². The summed E-state index contributed by atoms with van der Waals surface area (Å²) in [5.41, 5.74) is 2.98.